The summed E-state index contributed by atoms with van der Waals surface area (Å²) in [6, 6.07) is 11.6. The van der Waals surface area contributed by atoms with Gasteiger partial charge in [-0.1, -0.05) is 41.9 Å². The number of carbonyl (C=O) groups excluding carboxylic acids is 1. The Morgan fingerprint density at radius 1 is 1.24 bits per heavy atom. The number of aliphatic hydroxyl groups excluding tert-OH is 1. The third kappa shape index (κ3) is 4.18. The number of urea groups is 1. The predicted molar refractivity (Wildman–Crippen MR) is 79.8 cm³/mol. The maximum Gasteiger partial charge on any atom is 0.319 e. The highest BCUT2D eigenvalue weighted by molar-refractivity contribution is 6.33. The van der Waals surface area contributed by atoms with Crippen LogP contribution in [0.25, 0.3) is 0 Å². The number of amides is 2. The van der Waals surface area contributed by atoms with Gasteiger partial charge in [-0.3, -0.25) is 0 Å². The van der Waals surface area contributed by atoms with E-state index >= 15 is 0 Å². The average Bonchev–Trinajstić information content (AvgIpc) is 2.49. The Balaban J connectivity index is 2.05. The standard InChI is InChI=1S/C15H14ClFN2O2/c16-12-7-6-11(17)8-13(12)18-15(21)19-14(9-20)10-4-2-1-3-5-10/h1-8,14,20H,9H2,(H2,18,19,21)/t14-/m1/s1. The Morgan fingerprint density at radius 2 is 1.95 bits per heavy atom. The topological polar surface area (TPSA) is 61.4 Å². The first-order valence-corrected chi connectivity index (χ1v) is 6.66. The van der Waals surface area contributed by atoms with Gasteiger partial charge in [0.05, 0.1) is 23.4 Å². The summed E-state index contributed by atoms with van der Waals surface area (Å²) in [5.74, 6) is -0.503. The van der Waals surface area contributed by atoms with E-state index in [1.165, 1.54) is 12.1 Å². The van der Waals surface area contributed by atoms with E-state index in [0.717, 1.165) is 11.6 Å². The van der Waals surface area contributed by atoms with Gasteiger partial charge in [-0.2, -0.15) is 0 Å². The summed E-state index contributed by atoms with van der Waals surface area (Å²) >= 11 is 5.87. The van der Waals surface area contributed by atoms with E-state index in [-0.39, 0.29) is 17.3 Å². The van der Waals surface area contributed by atoms with E-state index < -0.39 is 17.9 Å². The molecule has 21 heavy (non-hydrogen) atoms. The SMILES string of the molecule is O=C(Nc1cc(F)ccc1Cl)N[C@H](CO)c1ccccc1. The van der Waals surface area contributed by atoms with Crippen LogP contribution in [-0.2, 0) is 0 Å². The van der Waals surface area contributed by atoms with Gasteiger partial charge in [-0.15, -0.1) is 0 Å². The summed E-state index contributed by atoms with van der Waals surface area (Å²) in [5, 5.41) is 14.6. The second-order valence-electron chi connectivity index (χ2n) is 4.37. The molecule has 0 aliphatic heterocycles. The van der Waals surface area contributed by atoms with E-state index in [4.69, 9.17) is 11.6 Å². The van der Waals surface area contributed by atoms with Gasteiger partial charge in [-0.25, -0.2) is 9.18 Å². The Hall–Kier alpha value is -2.11. The third-order valence-corrected chi connectivity index (χ3v) is 3.20. The van der Waals surface area contributed by atoms with E-state index in [2.05, 4.69) is 10.6 Å². The minimum Gasteiger partial charge on any atom is -0.394 e. The molecule has 0 aliphatic carbocycles. The zero-order valence-corrected chi connectivity index (χ0v) is 11.8. The molecule has 0 spiro atoms. The summed E-state index contributed by atoms with van der Waals surface area (Å²) in [5.41, 5.74) is 0.930. The lowest BCUT2D eigenvalue weighted by atomic mass is 10.1. The number of nitrogens with one attached hydrogen (secondary N) is 2. The van der Waals surface area contributed by atoms with Crippen LogP contribution in [0.2, 0.25) is 5.02 Å². The molecule has 0 bridgehead atoms. The zero-order chi connectivity index (χ0) is 15.2. The number of halogens is 2. The van der Waals surface area contributed by atoms with Crippen LogP contribution in [0.5, 0.6) is 0 Å². The van der Waals surface area contributed by atoms with Crippen molar-refractivity contribution >= 4 is 23.3 Å². The number of aliphatic hydroxyl groups is 1. The van der Waals surface area contributed by atoms with Crippen molar-refractivity contribution < 1.29 is 14.3 Å². The molecule has 0 aliphatic rings. The van der Waals surface area contributed by atoms with Crippen molar-refractivity contribution in [2.75, 3.05) is 11.9 Å². The van der Waals surface area contributed by atoms with Gasteiger partial charge in [0.15, 0.2) is 0 Å². The number of benzene rings is 2. The number of hydrogen-bond acceptors (Lipinski definition) is 2. The van der Waals surface area contributed by atoms with Crippen molar-refractivity contribution in [1.29, 1.82) is 0 Å². The van der Waals surface area contributed by atoms with Crippen LogP contribution in [0.1, 0.15) is 11.6 Å². The first-order chi connectivity index (χ1) is 10.1. The first-order valence-electron chi connectivity index (χ1n) is 6.28. The minimum absolute atomic E-state index is 0.166. The summed E-state index contributed by atoms with van der Waals surface area (Å²) < 4.78 is 13.1. The van der Waals surface area contributed by atoms with Crippen molar-refractivity contribution in [1.82, 2.24) is 5.32 Å². The van der Waals surface area contributed by atoms with E-state index in [1.807, 2.05) is 6.07 Å². The predicted octanol–water partition coefficient (Wildman–Crippen LogP) is 3.33. The highest BCUT2D eigenvalue weighted by Crippen LogP contribution is 2.22. The van der Waals surface area contributed by atoms with Crippen LogP contribution in [0.15, 0.2) is 48.5 Å². The number of rotatable bonds is 4. The lowest BCUT2D eigenvalue weighted by Gasteiger charge is -2.17. The van der Waals surface area contributed by atoms with Crippen molar-refractivity contribution in [3.05, 3.63) is 64.9 Å². The molecule has 2 amide bonds. The molecule has 0 aromatic heterocycles. The van der Waals surface area contributed by atoms with E-state index in [1.54, 1.807) is 24.3 Å². The molecular formula is C15H14ClFN2O2. The quantitative estimate of drug-likeness (QED) is 0.811. The molecule has 3 N–H and O–H groups in total. The molecule has 110 valence electrons. The van der Waals surface area contributed by atoms with Gasteiger partial charge in [0, 0.05) is 0 Å². The highest BCUT2D eigenvalue weighted by atomic mass is 35.5. The van der Waals surface area contributed by atoms with Crippen molar-refractivity contribution in [2.45, 2.75) is 6.04 Å². The average molecular weight is 309 g/mol. The largest absolute Gasteiger partial charge is 0.394 e. The van der Waals surface area contributed by atoms with Crippen molar-refractivity contribution in [2.24, 2.45) is 0 Å². The summed E-state index contributed by atoms with van der Waals surface area (Å²) in [6.07, 6.45) is 0. The second kappa shape index (κ2) is 7.06. The van der Waals surface area contributed by atoms with Gasteiger partial charge in [0.25, 0.3) is 0 Å². The number of carbonyl (C=O) groups is 1. The van der Waals surface area contributed by atoms with Crippen molar-refractivity contribution in [3.8, 4) is 0 Å². The van der Waals surface area contributed by atoms with Crippen LogP contribution in [0.4, 0.5) is 14.9 Å². The number of hydrogen-bond donors (Lipinski definition) is 3. The number of anilines is 1. The van der Waals surface area contributed by atoms with Gasteiger partial charge < -0.3 is 15.7 Å². The zero-order valence-electron chi connectivity index (χ0n) is 11.0. The molecule has 0 unspecified atom stereocenters. The van der Waals surface area contributed by atoms with Crippen molar-refractivity contribution in [3.63, 3.8) is 0 Å². The molecule has 0 fully saturated rings. The Bertz CT molecular complexity index is 622. The molecule has 0 heterocycles. The fourth-order valence-corrected chi connectivity index (χ4v) is 1.99. The Kier molecular flexibility index (Phi) is 5.14. The van der Waals surface area contributed by atoms with Crippen LogP contribution < -0.4 is 10.6 Å². The minimum atomic E-state index is -0.578. The maximum atomic E-state index is 13.1. The van der Waals surface area contributed by atoms with Crippen LogP contribution in [-0.4, -0.2) is 17.7 Å². The molecule has 2 aromatic rings. The Labute approximate surface area is 126 Å². The lowest BCUT2D eigenvalue weighted by molar-refractivity contribution is 0.225. The summed E-state index contributed by atoms with van der Waals surface area (Å²) in [7, 11) is 0. The molecule has 1 atom stereocenters. The molecule has 0 saturated carbocycles. The van der Waals surface area contributed by atoms with Gasteiger partial charge in [0.1, 0.15) is 5.82 Å². The van der Waals surface area contributed by atoms with E-state index in [0.29, 0.717) is 0 Å². The Morgan fingerprint density at radius 3 is 2.62 bits per heavy atom. The molecule has 6 heteroatoms. The molecule has 2 aromatic carbocycles. The van der Waals surface area contributed by atoms with Gasteiger partial charge in [0.2, 0.25) is 0 Å². The monoisotopic (exact) mass is 308 g/mol. The third-order valence-electron chi connectivity index (χ3n) is 2.87. The molecular weight excluding hydrogens is 295 g/mol. The van der Waals surface area contributed by atoms with Crippen LogP contribution in [0.3, 0.4) is 0 Å². The highest BCUT2D eigenvalue weighted by Gasteiger charge is 2.14. The fraction of sp³-hybridized carbons (Fsp3) is 0.133. The first kappa shape index (κ1) is 15.3. The lowest BCUT2D eigenvalue weighted by Crippen LogP contribution is -2.34. The van der Waals surface area contributed by atoms with Gasteiger partial charge >= 0.3 is 6.03 Å². The van der Waals surface area contributed by atoms with Gasteiger partial charge in [-0.05, 0) is 23.8 Å². The second-order valence-corrected chi connectivity index (χ2v) is 4.78. The molecule has 2 rings (SSSR count). The molecule has 0 radical (unpaired) electrons. The normalized spacial score (nSPS) is 11.8. The summed E-state index contributed by atoms with van der Waals surface area (Å²) in [6.45, 7) is -0.256. The van der Waals surface area contributed by atoms with Crippen LogP contribution in [0, 0.1) is 5.82 Å². The van der Waals surface area contributed by atoms with E-state index in [9.17, 15) is 14.3 Å². The molecule has 0 saturated heterocycles. The molecule has 4 nitrogen and oxygen atoms in total. The fourth-order valence-electron chi connectivity index (χ4n) is 1.83. The van der Waals surface area contributed by atoms with Crippen LogP contribution >= 0.6 is 11.6 Å². The maximum absolute atomic E-state index is 13.1. The summed E-state index contributed by atoms with van der Waals surface area (Å²) in [4.78, 5) is 11.9. The smallest absolute Gasteiger partial charge is 0.319 e.